The van der Waals surface area contributed by atoms with Crippen molar-refractivity contribution in [2.24, 2.45) is 0 Å². The fourth-order valence-corrected chi connectivity index (χ4v) is 4.25. The highest BCUT2D eigenvalue weighted by Crippen LogP contribution is 2.35. The summed E-state index contributed by atoms with van der Waals surface area (Å²) in [5, 5.41) is 6.31. The largest absolute Gasteiger partial charge is 0.457 e. The molecule has 6 rings (SSSR count). The number of rotatable bonds is 4. The lowest BCUT2D eigenvalue weighted by Gasteiger charge is -2.20. The fourth-order valence-electron chi connectivity index (χ4n) is 4.25. The van der Waals surface area contributed by atoms with E-state index in [9.17, 15) is 0 Å². The number of hydrazine groups is 2. The summed E-state index contributed by atoms with van der Waals surface area (Å²) in [5.41, 5.74) is 7.60. The van der Waals surface area contributed by atoms with Crippen LogP contribution in [0, 0.1) is 0 Å². The molecule has 0 amide bonds. The Labute approximate surface area is 191 Å². The number of ether oxygens (including phenoxy) is 1. The average Bonchev–Trinajstić information content (AvgIpc) is 3.36. The molecule has 1 aliphatic rings. The molecule has 1 aliphatic heterocycles. The van der Waals surface area contributed by atoms with E-state index >= 15 is 0 Å². The van der Waals surface area contributed by atoms with E-state index in [0.717, 1.165) is 39.7 Å². The quantitative estimate of drug-likeness (QED) is 0.376. The Kier molecular flexibility index (Phi) is 4.52. The number of anilines is 1. The molecule has 0 aliphatic carbocycles. The van der Waals surface area contributed by atoms with Gasteiger partial charge in [0.15, 0.2) is 0 Å². The zero-order valence-corrected chi connectivity index (χ0v) is 18.4. The van der Waals surface area contributed by atoms with Gasteiger partial charge in [0.25, 0.3) is 0 Å². The van der Waals surface area contributed by atoms with Crippen molar-refractivity contribution in [3.05, 3.63) is 103 Å². The molecule has 0 spiro atoms. The van der Waals surface area contributed by atoms with Gasteiger partial charge in [0.05, 0.1) is 16.7 Å². The number of nitrogens with zero attached hydrogens (tertiary/aromatic N) is 4. The molecule has 0 saturated heterocycles. The average molecular weight is 434 g/mol. The Morgan fingerprint density at radius 2 is 1.61 bits per heavy atom. The van der Waals surface area contributed by atoms with Gasteiger partial charge >= 0.3 is 0 Å². The van der Waals surface area contributed by atoms with Crippen molar-refractivity contribution in [3.63, 3.8) is 0 Å². The Bertz CT molecular complexity index is 1510. The molecule has 0 radical (unpaired) electrons. The summed E-state index contributed by atoms with van der Waals surface area (Å²) in [6.45, 7) is 2.06. The fraction of sp³-hybridized carbons (Fsp3) is 0.0741. The SMILES string of the molecule is CC1=CN(c2cccc(Oc3ccc4c5ccccc5n(-c5ccccn5)c4c3)c2)NN1C. The Balaban J connectivity index is 1.41. The van der Waals surface area contributed by atoms with Crippen LogP contribution < -0.4 is 15.3 Å². The number of hydrogen-bond donors (Lipinski definition) is 1. The normalized spacial score (nSPS) is 13.7. The minimum atomic E-state index is 0.773. The van der Waals surface area contributed by atoms with E-state index in [-0.39, 0.29) is 0 Å². The minimum Gasteiger partial charge on any atom is -0.457 e. The lowest BCUT2D eigenvalue weighted by molar-refractivity contribution is 0.333. The topological polar surface area (TPSA) is 45.6 Å². The van der Waals surface area contributed by atoms with Crippen LogP contribution in [-0.4, -0.2) is 21.6 Å². The van der Waals surface area contributed by atoms with Crippen LogP contribution in [-0.2, 0) is 0 Å². The van der Waals surface area contributed by atoms with E-state index in [1.165, 1.54) is 10.8 Å². The van der Waals surface area contributed by atoms with Gasteiger partial charge in [-0.25, -0.2) is 4.98 Å². The molecule has 0 fully saturated rings. The molecular weight excluding hydrogens is 410 g/mol. The van der Waals surface area contributed by atoms with Gasteiger partial charge in [-0.2, -0.15) is 0 Å². The second-order valence-electron chi connectivity index (χ2n) is 8.12. The first-order valence-corrected chi connectivity index (χ1v) is 10.9. The number of pyridine rings is 1. The van der Waals surface area contributed by atoms with Gasteiger partial charge in [0.2, 0.25) is 0 Å². The number of fused-ring (bicyclic) bond motifs is 3. The van der Waals surface area contributed by atoms with Gasteiger partial charge in [0.1, 0.15) is 17.3 Å². The zero-order chi connectivity index (χ0) is 22.4. The lowest BCUT2D eigenvalue weighted by atomic mass is 10.1. The zero-order valence-electron chi connectivity index (χ0n) is 18.4. The first-order chi connectivity index (χ1) is 16.2. The van der Waals surface area contributed by atoms with Crippen LogP contribution in [0.2, 0.25) is 0 Å². The monoisotopic (exact) mass is 433 g/mol. The van der Waals surface area contributed by atoms with Crippen molar-refractivity contribution in [1.29, 1.82) is 0 Å². The molecular formula is C27H23N5O. The number of aromatic nitrogens is 2. The summed E-state index contributed by atoms with van der Waals surface area (Å²) in [5.74, 6) is 2.43. The molecule has 3 aromatic carbocycles. The number of para-hydroxylation sites is 1. The Morgan fingerprint density at radius 3 is 2.42 bits per heavy atom. The van der Waals surface area contributed by atoms with Crippen molar-refractivity contribution in [2.45, 2.75) is 6.92 Å². The number of hydrogen-bond acceptors (Lipinski definition) is 5. The third kappa shape index (κ3) is 3.37. The standard InChI is InChI=1S/C27H23N5O/c1-19-18-31(29-30(19)2)20-8-7-9-21(16-20)33-22-13-14-24-23-10-3-4-11-25(23)32(26(24)17-22)27-12-5-6-15-28-27/h3-18,29H,1-2H3. The Hall–Kier alpha value is -4.29. The minimum absolute atomic E-state index is 0.773. The van der Waals surface area contributed by atoms with Crippen molar-refractivity contribution in [3.8, 4) is 17.3 Å². The molecule has 162 valence electrons. The highest BCUT2D eigenvalue weighted by molar-refractivity contribution is 6.09. The van der Waals surface area contributed by atoms with Crippen LogP contribution in [0.1, 0.15) is 6.92 Å². The maximum absolute atomic E-state index is 6.30. The molecule has 6 nitrogen and oxygen atoms in total. The molecule has 0 saturated carbocycles. The molecule has 1 N–H and O–H groups in total. The second kappa shape index (κ2) is 7.69. The Morgan fingerprint density at radius 1 is 0.788 bits per heavy atom. The predicted octanol–water partition coefficient (Wildman–Crippen LogP) is 6.00. The third-order valence-corrected chi connectivity index (χ3v) is 5.96. The first-order valence-electron chi connectivity index (χ1n) is 10.9. The lowest BCUT2D eigenvalue weighted by Crippen LogP contribution is -2.37. The molecule has 2 aromatic heterocycles. The summed E-state index contributed by atoms with van der Waals surface area (Å²) in [6, 6.07) is 28.6. The van der Waals surface area contributed by atoms with Gasteiger partial charge in [-0.1, -0.05) is 30.3 Å². The molecule has 33 heavy (non-hydrogen) atoms. The highest BCUT2D eigenvalue weighted by Gasteiger charge is 2.16. The van der Waals surface area contributed by atoms with E-state index in [1.54, 1.807) is 0 Å². The van der Waals surface area contributed by atoms with E-state index in [4.69, 9.17) is 4.74 Å². The summed E-state index contributed by atoms with van der Waals surface area (Å²) in [6.07, 6.45) is 3.87. The van der Waals surface area contributed by atoms with E-state index in [0.29, 0.717) is 0 Å². The maximum Gasteiger partial charge on any atom is 0.137 e. The summed E-state index contributed by atoms with van der Waals surface area (Å²) in [4.78, 5) is 4.60. The van der Waals surface area contributed by atoms with Gasteiger partial charge in [-0.05, 0) is 49.4 Å². The van der Waals surface area contributed by atoms with Crippen molar-refractivity contribution in [2.75, 3.05) is 12.1 Å². The molecule has 0 bridgehead atoms. The molecule has 0 unspecified atom stereocenters. The first kappa shape index (κ1) is 19.4. The van der Waals surface area contributed by atoms with E-state index in [2.05, 4.69) is 64.6 Å². The van der Waals surface area contributed by atoms with Crippen molar-refractivity contribution >= 4 is 27.5 Å². The van der Waals surface area contributed by atoms with Crippen LogP contribution in [0.25, 0.3) is 27.6 Å². The molecule has 5 aromatic rings. The van der Waals surface area contributed by atoms with E-state index in [1.807, 2.05) is 71.8 Å². The highest BCUT2D eigenvalue weighted by atomic mass is 16.5. The second-order valence-corrected chi connectivity index (χ2v) is 8.12. The van der Waals surface area contributed by atoms with Gasteiger partial charge in [-0.3, -0.25) is 14.6 Å². The summed E-state index contributed by atoms with van der Waals surface area (Å²) >= 11 is 0. The van der Waals surface area contributed by atoms with Crippen LogP contribution >= 0.6 is 0 Å². The number of benzene rings is 3. The van der Waals surface area contributed by atoms with Gasteiger partial charge in [0, 0.05) is 48.0 Å². The number of allylic oxidation sites excluding steroid dienone is 1. The van der Waals surface area contributed by atoms with Crippen LogP contribution in [0.3, 0.4) is 0 Å². The van der Waals surface area contributed by atoms with Crippen molar-refractivity contribution < 1.29 is 4.74 Å². The predicted molar refractivity (Wildman–Crippen MR) is 132 cm³/mol. The molecule has 3 heterocycles. The summed E-state index contributed by atoms with van der Waals surface area (Å²) < 4.78 is 8.49. The van der Waals surface area contributed by atoms with Gasteiger partial charge in [-0.15, -0.1) is 5.53 Å². The number of nitrogens with one attached hydrogen (secondary N) is 1. The smallest absolute Gasteiger partial charge is 0.137 e. The van der Waals surface area contributed by atoms with E-state index < -0.39 is 0 Å². The van der Waals surface area contributed by atoms with Crippen molar-refractivity contribution in [1.82, 2.24) is 20.1 Å². The molecule has 6 heteroatoms. The molecule has 0 atom stereocenters. The maximum atomic E-state index is 6.30. The van der Waals surface area contributed by atoms with Crippen LogP contribution in [0.15, 0.2) is 103 Å². The van der Waals surface area contributed by atoms with Crippen LogP contribution in [0.4, 0.5) is 5.69 Å². The van der Waals surface area contributed by atoms with Gasteiger partial charge < -0.3 is 4.74 Å². The summed E-state index contributed by atoms with van der Waals surface area (Å²) in [7, 11) is 1.99. The third-order valence-electron chi connectivity index (χ3n) is 5.96. The van der Waals surface area contributed by atoms with Crippen LogP contribution in [0.5, 0.6) is 11.5 Å².